The first-order chi connectivity index (χ1) is 11.4. The van der Waals surface area contributed by atoms with Gasteiger partial charge in [0.1, 0.15) is 5.58 Å². The first kappa shape index (κ1) is 16.5. The molecule has 0 aliphatic carbocycles. The van der Waals surface area contributed by atoms with Crippen molar-refractivity contribution in [1.82, 2.24) is 4.90 Å². The van der Waals surface area contributed by atoms with Crippen molar-refractivity contribution in [2.75, 3.05) is 7.05 Å². The monoisotopic (exact) mass is 321 g/mol. The molecule has 0 spiro atoms. The lowest BCUT2D eigenvalue weighted by Gasteiger charge is -2.18. The van der Waals surface area contributed by atoms with Crippen LogP contribution in [0.15, 0.2) is 51.7 Å². The van der Waals surface area contributed by atoms with Gasteiger partial charge in [-0.25, -0.2) is 4.79 Å². The summed E-state index contributed by atoms with van der Waals surface area (Å²) in [4.78, 5) is 14.2. The second-order valence-corrected chi connectivity index (χ2v) is 6.63. The Bertz CT molecular complexity index is 923. The second-order valence-electron chi connectivity index (χ2n) is 6.63. The molecule has 1 heterocycles. The number of hydrogen-bond acceptors (Lipinski definition) is 3. The van der Waals surface area contributed by atoms with Gasteiger partial charge in [0, 0.05) is 24.5 Å². The van der Waals surface area contributed by atoms with Gasteiger partial charge in [-0.3, -0.25) is 4.90 Å². The minimum absolute atomic E-state index is 0.282. The number of aryl methyl sites for hydroxylation is 3. The van der Waals surface area contributed by atoms with Gasteiger partial charge in [-0.15, -0.1) is 0 Å². The SMILES string of the molecule is Cc1ccc(CN(C)Cc2cc(=O)oc3c(C)c(C)ccc23)cc1. The minimum Gasteiger partial charge on any atom is -0.422 e. The number of nitrogens with zero attached hydrogens (tertiary/aromatic N) is 1. The Balaban J connectivity index is 1.90. The van der Waals surface area contributed by atoms with Crippen LogP contribution in [-0.4, -0.2) is 11.9 Å². The Kier molecular flexibility index (Phi) is 4.54. The van der Waals surface area contributed by atoms with Crippen LogP contribution >= 0.6 is 0 Å². The number of benzene rings is 2. The van der Waals surface area contributed by atoms with Crippen molar-refractivity contribution in [2.45, 2.75) is 33.9 Å². The van der Waals surface area contributed by atoms with Crippen LogP contribution in [0.25, 0.3) is 11.0 Å². The zero-order valence-corrected chi connectivity index (χ0v) is 14.7. The maximum absolute atomic E-state index is 12.0. The van der Waals surface area contributed by atoms with Crippen molar-refractivity contribution in [3.63, 3.8) is 0 Å². The third-order valence-corrected chi connectivity index (χ3v) is 4.53. The molecule has 0 bridgehead atoms. The number of rotatable bonds is 4. The number of fused-ring (bicyclic) bond motifs is 1. The summed E-state index contributed by atoms with van der Waals surface area (Å²) in [5.74, 6) is 0. The lowest BCUT2D eigenvalue weighted by Crippen LogP contribution is -2.18. The summed E-state index contributed by atoms with van der Waals surface area (Å²) in [5, 5.41) is 1.02. The van der Waals surface area contributed by atoms with E-state index in [4.69, 9.17) is 4.42 Å². The molecule has 24 heavy (non-hydrogen) atoms. The summed E-state index contributed by atoms with van der Waals surface area (Å²) in [7, 11) is 2.07. The maximum Gasteiger partial charge on any atom is 0.336 e. The average Bonchev–Trinajstić information content (AvgIpc) is 2.53. The molecule has 0 saturated heterocycles. The standard InChI is InChI=1S/C21H23NO2/c1-14-5-8-17(9-6-14)12-22(4)13-18-11-20(23)24-21-16(3)15(2)7-10-19(18)21/h5-11H,12-13H2,1-4H3. The number of hydrogen-bond donors (Lipinski definition) is 0. The summed E-state index contributed by atoms with van der Waals surface area (Å²) in [5.41, 5.74) is 6.14. The molecule has 0 radical (unpaired) electrons. The molecule has 3 aromatic rings. The van der Waals surface area contributed by atoms with Gasteiger partial charge in [0.05, 0.1) is 0 Å². The van der Waals surface area contributed by atoms with Crippen LogP contribution in [0.2, 0.25) is 0 Å². The van der Waals surface area contributed by atoms with Crippen LogP contribution in [0.4, 0.5) is 0 Å². The van der Waals surface area contributed by atoms with Crippen molar-refractivity contribution in [2.24, 2.45) is 0 Å². The zero-order valence-electron chi connectivity index (χ0n) is 14.7. The molecule has 0 fully saturated rings. The largest absolute Gasteiger partial charge is 0.422 e. The molecule has 3 heteroatoms. The van der Waals surface area contributed by atoms with Crippen LogP contribution in [-0.2, 0) is 13.1 Å². The van der Waals surface area contributed by atoms with E-state index in [0.29, 0.717) is 12.1 Å². The van der Waals surface area contributed by atoms with Crippen molar-refractivity contribution in [1.29, 1.82) is 0 Å². The van der Waals surface area contributed by atoms with Gasteiger partial charge in [-0.2, -0.15) is 0 Å². The fourth-order valence-electron chi connectivity index (χ4n) is 3.01. The molecule has 3 nitrogen and oxygen atoms in total. The topological polar surface area (TPSA) is 33.5 Å². The van der Waals surface area contributed by atoms with Crippen molar-refractivity contribution in [3.8, 4) is 0 Å². The molecular formula is C21H23NO2. The highest BCUT2D eigenvalue weighted by molar-refractivity contribution is 5.83. The van der Waals surface area contributed by atoms with Crippen molar-refractivity contribution < 1.29 is 4.42 Å². The van der Waals surface area contributed by atoms with E-state index in [0.717, 1.165) is 28.6 Å². The average molecular weight is 321 g/mol. The maximum atomic E-state index is 12.0. The van der Waals surface area contributed by atoms with Gasteiger partial charge in [-0.1, -0.05) is 42.0 Å². The van der Waals surface area contributed by atoms with E-state index >= 15 is 0 Å². The van der Waals surface area contributed by atoms with Crippen LogP contribution in [0, 0.1) is 20.8 Å². The summed E-state index contributed by atoms with van der Waals surface area (Å²) >= 11 is 0. The summed E-state index contributed by atoms with van der Waals surface area (Å²) in [6.45, 7) is 7.67. The Hall–Kier alpha value is -2.39. The second kappa shape index (κ2) is 6.62. The fraction of sp³-hybridized carbons (Fsp3) is 0.286. The summed E-state index contributed by atoms with van der Waals surface area (Å²) in [6, 6.07) is 14.3. The molecule has 124 valence electrons. The van der Waals surface area contributed by atoms with Gasteiger partial charge in [0.2, 0.25) is 0 Å². The molecule has 0 amide bonds. The van der Waals surface area contributed by atoms with Crippen LogP contribution < -0.4 is 5.63 Å². The van der Waals surface area contributed by atoms with Gasteiger partial charge in [0.25, 0.3) is 0 Å². The molecule has 1 aromatic heterocycles. The highest BCUT2D eigenvalue weighted by atomic mass is 16.4. The van der Waals surface area contributed by atoms with Crippen molar-refractivity contribution >= 4 is 11.0 Å². The van der Waals surface area contributed by atoms with Gasteiger partial charge >= 0.3 is 5.63 Å². The molecule has 0 N–H and O–H groups in total. The minimum atomic E-state index is -0.282. The van der Waals surface area contributed by atoms with Gasteiger partial charge in [0.15, 0.2) is 0 Å². The molecule has 2 aromatic carbocycles. The van der Waals surface area contributed by atoms with E-state index in [1.807, 2.05) is 13.8 Å². The predicted octanol–water partition coefficient (Wildman–Crippen LogP) is 4.35. The summed E-state index contributed by atoms with van der Waals surface area (Å²) < 4.78 is 5.45. The van der Waals surface area contributed by atoms with Crippen LogP contribution in [0.5, 0.6) is 0 Å². The Labute approximate surface area is 142 Å². The summed E-state index contributed by atoms with van der Waals surface area (Å²) in [6.07, 6.45) is 0. The first-order valence-corrected chi connectivity index (χ1v) is 8.21. The Morgan fingerprint density at radius 3 is 2.38 bits per heavy atom. The fourth-order valence-corrected chi connectivity index (χ4v) is 3.01. The first-order valence-electron chi connectivity index (χ1n) is 8.21. The highest BCUT2D eigenvalue weighted by Gasteiger charge is 2.11. The van der Waals surface area contributed by atoms with E-state index in [2.05, 4.69) is 55.3 Å². The van der Waals surface area contributed by atoms with E-state index in [1.54, 1.807) is 6.07 Å². The Morgan fingerprint density at radius 2 is 1.67 bits per heavy atom. The lowest BCUT2D eigenvalue weighted by molar-refractivity contribution is 0.319. The molecule has 0 atom stereocenters. The Morgan fingerprint density at radius 1 is 0.958 bits per heavy atom. The third-order valence-electron chi connectivity index (χ3n) is 4.53. The van der Waals surface area contributed by atoms with E-state index in [1.165, 1.54) is 11.1 Å². The van der Waals surface area contributed by atoms with E-state index < -0.39 is 0 Å². The lowest BCUT2D eigenvalue weighted by atomic mass is 10.0. The molecule has 0 unspecified atom stereocenters. The normalized spacial score (nSPS) is 11.4. The van der Waals surface area contributed by atoms with Crippen LogP contribution in [0.1, 0.15) is 27.8 Å². The quantitative estimate of drug-likeness (QED) is 0.670. The zero-order chi connectivity index (χ0) is 17.3. The molecule has 0 aliphatic heterocycles. The smallest absolute Gasteiger partial charge is 0.336 e. The molecule has 0 saturated carbocycles. The van der Waals surface area contributed by atoms with E-state index in [9.17, 15) is 4.79 Å². The third kappa shape index (κ3) is 3.41. The van der Waals surface area contributed by atoms with Gasteiger partial charge in [-0.05, 0) is 50.1 Å². The van der Waals surface area contributed by atoms with Crippen LogP contribution in [0.3, 0.4) is 0 Å². The van der Waals surface area contributed by atoms with Crippen molar-refractivity contribution in [3.05, 3.63) is 80.7 Å². The molecular weight excluding hydrogens is 298 g/mol. The highest BCUT2D eigenvalue weighted by Crippen LogP contribution is 2.24. The predicted molar refractivity (Wildman–Crippen MR) is 98.3 cm³/mol. The molecule has 0 aliphatic rings. The van der Waals surface area contributed by atoms with Gasteiger partial charge < -0.3 is 4.42 Å². The molecule has 3 rings (SSSR count). The van der Waals surface area contributed by atoms with E-state index in [-0.39, 0.29) is 5.63 Å².